The normalized spacial score (nSPS) is 12.5. The smallest absolute Gasteiger partial charge is 0.261 e. The first-order valence-corrected chi connectivity index (χ1v) is 13.2. The first-order valence-electron chi connectivity index (χ1n) is 12.5. The first-order chi connectivity index (χ1) is 17.7. The van der Waals surface area contributed by atoms with Gasteiger partial charge < -0.3 is 15.0 Å². The molecule has 0 spiro atoms. The Kier molecular flexibility index (Phi) is 10.4. The summed E-state index contributed by atoms with van der Waals surface area (Å²) in [5.41, 5.74) is 3.55. The average molecular weight is 542 g/mol. The van der Waals surface area contributed by atoms with Crippen molar-refractivity contribution >= 4 is 35.0 Å². The molecule has 7 heteroatoms. The van der Waals surface area contributed by atoms with Gasteiger partial charge in [-0.1, -0.05) is 78.7 Å². The van der Waals surface area contributed by atoms with E-state index in [2.05, 4.69) is 5.32 Å². The number of hydrogen-bond acceptors (Lipinski definition) is 3. The summed E-state index contributed by atoms with van der Waals surface area (Å²) in [4.78, 5) is 28.9. The van der Waals surface area contributed by atoms with Crippen molar-refractivity contribution in [1.29, 1.82) is 0 Å². The van der Waals surface area contributed by atoms with Gasteiger partial charge in [0.25, 0.3) is 5.91 Å². The standard InChI is InChI=1S/C30H34Cl2N2O3/c1-5-21(3)33-30(36)27(17-23-12-7-6-8-13-23)34(18-24-25(31)14-10-15-26(24)32)29(35)19-37-28-16-9-11-20(2)22(28)4/h6-16,21,27H,5,17-19H2,1-4H3,(H,33,36). The third-order valence-corrected chi connectivity index (χ3v) is 7.28. The lowest BCUT2D eigenvalue weighted by atomic mass is 10.0. The largest absolute Gasteiger partial charge is 0.483 e. The molecule has 0 fully saturated rings. The lowest BCUT2D eigenvalue weighted by molar-refractivity contribution is -0.143. The van der Waals surface area contributed by atoms with E-state index in [9.17, 15) is 9.59 Å². The second-order valence-electron chi connectivity index (χ2n) is 9.23. The molecule has 3 aromatic rings. The minimum absolute atomic E-state index is 0.0437. The number of aryl methyl sites for hydroxylation is 1. The summed E-state index contributed by atoms with van der Waals surface area (Å²) >= 11 is 13.0. The number of halogens is 2. The van der Waals surface area contributed by atoms with E-state index in [1.165, 1.54) is 4.90 Å². The fourth-order valence-electron chi connectivity index (χ4n) is 3.95. The molecule has 196 valence electrons. The highest BCUT2D eigenvalue weighted by atomic mass is 35.5. The lowest BCUT2D eigenvalue weighted by Crippen LogP contribution is -2.53. The van der Waals surface area contributed by atoms with Gasteiger partial charge in [-0.2, -0.15) is 0 Å². The monoisotopic (exact) mass is 540 g/mol. The van der Waals surface area contributed by atoms with Crippen LogP contribution in [0.15, 0.2) is 66.7 Å². The number of rotatable bonds is 11. The second kappa shape index (κ2) is 13.5. The van der Waals surface area contributed by atoms with Gasteiger partial charge in [0.15, 0.2) is 6.61 Å². The predicted octanol–water partition coefficient (Wildman–Crippen LogP) is 6.54. The minimum Gasteiger partial charge on any atom is -0.483 e. The molecule has 2 unspecified atom stereocenters. The number of ether oxygens (including phenoxy) is 1. The van der Waals surface area contributed by atoms with Crippen molar-refractivity contribution < 1.29 is 14.3 Å². The Hall–Kier alpha value is -3.02. The van der Waals surface area contributed by atoms with Crippen LogP contribution in [0.3, 0.4) is 0 Å². The number of benzene rings is 3. The van der Waals surface area contributed by atoms with E-state index in [4.69, 9.17) is 27.9 Å². The molecular formula is C30H34Cl2N2O3. The summed E-state index contributed by atoms with van der Waals surface area (Å²) < 4.78 is 5.95. The van der Waals surface area contributed by atoms with Crippen LogP contribution in [0, 0.1) is 13.8 Å². The van der Waals surface area contributed by atoms with Gasteiger partial charge in [-0.05, 0) is 62.1 Å². The van der Waals surface area contributed by atoms with Crippen molar-refractivity contribution in [1.82, 2.24) is 10.2 Å². The Morgan fingerprint density at radius 1 is 0.946 bits per heavy atom. The zero-order valence-corrected chi connectivity index (χ0v) is 23.3. The third-order valence-electron chi connectivity index (χ3n) is 6.57. The van der Waals surface area contributed by atoms with Crippen LogP contribution < -0.4 is 10.1 Å². The molecule has 2 atom stereocenters. The molecule has 3 aromatic carbocycles. The molecule has 0 aromatic heterocycles. The molecule has 0 aliphatic rings. The van der Waals surface area contributed by atoms with Gasteiger partial charge in [-0.25, -0.2) is 0 Å². The summed E-state index contributed by atoms with van der Waals surface area (Å²) in [6.45, 7) is 7.73. The molecular weight excluding hydrogens is 507 g/mol. The predicted molar refractivity (Wildman–Crippen MR) is 150 cm³/mol. The molecule has 0 saturated carbocycles. The van der Waals surface area contributed by atoms with Crippen LogP contribution in [0.1, 0.15) is 42.5 Å². The Morgan fingerprint density at radius 2 is 1.59 bits per heavy atom. The summed E-state index contributed by atoms with van der Waals surface area (Å²) in [5, 5.41) is 3.91. The molecule has 0 saturated heterocycles. The fraction of sp³-hybridized carbons (Fsp3) is 0.333. The summed E-state index contributed by atoms with van der Waals surface area (Å²) in [6, 6.07) is 19.7. The van der Waals surface area contributed by atoms with Gasteiger partial charge in [0.05, 0.1) is 0 Å². The lowest BCUT2D eigenvalue weighted by Gasteiger charge is -2.32. The zero-order valence-electron chi connectivity index (χ0n) is 21.8. The topological polar surface area (TPSA) is 58.6 Å². The first kappa shape index (κ1) is 28.5. The minimum atomic E-state index is -0.793. The van der Waals surface area contributed by atoms with Crippen LogP contribution in [-0.4, -0.2) is 35.4 Å². The van der Waals surface area contributed by atoms with Crippen molar-refractivity contribution in [3.05, 3.63) is 99.0 Å². The summed E-state index contributed by atoms with van der Waals surface area (Å²) in [5.74, 6) is 0.0614. The van der Waals surface area contributed by atoms with E-state index >= 15 is 0 Å². The van der Waals surface area contributed by atoms with Crippen molar-refractivity contribution in [2.24, 2.45) is 0 Å². The van der Waals surface area contributed by atoms with Gasteiger partial charge in [-0.3, -0.25) is 9.59 Å². The van der Waals surface area contributed by atoms with Crippen LogP contribution in [-0.2, 0) is 22.6 Å². The zero-order chi connectivity index (χ0) is 26.9. The highest BCUT2D eigenvalue weighted by Gasteiger charge is 2.32. The average Bonchev–Trinajstić information content (AvgIpc) is 2.88. The van der Waals surface area contributed by atoms with Crippen molar-refractivity contribution in [3.63, 3.8) is 0 Å². The Labute approximate surface area is 229 Å². The molecule has 3 rings (SSSR count). The van der Waals surface area contributed by atoms with Crippen molar-refractivity contribution in [2.75, 3.05) is 6.61 Å². The molecule has 37 heavy (non-hydrogen) atoms. The number of nitrogens with zero attached hydrogens (tertiary/aromatic N) is 1. The number of carbonyl (C=O) groups excluding carboxylic acids is 2. The molecule has 1 N–H and O–H groups in total. The van der Waals surface area contributed by atoms with Crippen molar-refractivity contribution in [3.8, 4) is 5.75 Å². The van der Waals surface area contributed by atoms with Crippen molar-refractivity contribution in [2.45, 2.75) is 59.2 Å². The van der Waals surface area contributed by atoms with E-state index in [-0.39, 0.29) is 31.0 Å². The summed E-state index contributed by atoms with van der Waals surface area (Å²) in [6.07, 6.45) is 1.10. The number of nitrogens with one attached hydrogen (secondary N) is 1. The van der Waals surface area contributed by atoms with Gasteiger partial charge >= 0.3 is 0 Å². The Bertz CT molecular complexity index is 1200. The van der Waals surface area contributed by atoms with Crippen LogP contribution in [0.2, 0.25) is 10.0 Å². The maximum Gasteiger partial charge on any atom is 0.261 e. The second-order valence-corrected chi connectivity index (χ2v) is 10.0. The van der Waals surface area contributed by atoms with Gasteiger partial charge in [-0.15, -0.1) is 0 Å². The molecule has 2 amide bonds. The third kappa shape index (κ3) is 7.73. The number of hydrogen-bond donors (Lipinski definition) is 1. The SMILES string of the molecule is CCC(C)NC(=O)C(Cc1ccccc1)N(Cc1c(Cl)cccc1Cl)C(=O)COc1cccc(C)c1C. The maximum atomic E-state index is 13.8. The molecule has 0 radical (unpaired) electrons. The number of carbonyl (C=O) groups is 2. The number of amides is 2. The van der Waals surface area contributed by atoms with Crippen LogP contribution in [0.5, 0.6) is 5.75 Å². The summed E-state index contributed by atoms with van der Waals surface area (Å²) in [7, 11) is 0. The van der Waals surface area contributed by atoms with E-state index < -0.39 is 6.04 Å². The molecule has 0 bridgehead atoms. The Balaban J connectivity index is 1.98. The fourth-order valence-corrected chi connectivity index (χ4v) is 4.47. The highest BCUT2D eigenvalue weighted by Crippen LogP contribution is 2.28. The molecule has 5 nitrogen and oxygen atoms in total. The van der Waals surface area contributed by atoms with Crippen LogP contribution >= 0.6 is 23.2 Å². The molecule has 0 aliphatic heterocycles. The van der Waals surface area contributed by atoms with Gasteiger partial charge in [0.2, 0.25) is 5.91 Å². The Morgan fingerprint density at radius 3 is 2.24 bits per heavy atom. The quantitative estimate of drug-likeness (QED) is 0.300. The van der Waals surface area contributed by atoms with Crippen LogP contribution in [0.4, 0.5) is 0 Å². The molecule has 0 heterocycles. The van der Waals surface area contributed by atoms with E-state index in [1.54, 1.807) is 18.2 Å². The van der Waals surface area contributed by atoms with E-state index in [0.717, 1.165) is 23.1 Å². The maximum absolute atomic E-state index is 13.8. The van der Waals surface area contributed by atoms with Gasteiger partial charge in [0, 0.05) is 34.6 Å². The van der Waals surface area contributed by atoms with E-state index in [0.29, 0.717) is 27.8 Å². The van der Waals surface area contributed by atoms with Crippen LogP contribution in [0.25, 0.3) is 0 Å². The highest BCUT2D eigenvalue weighted by molar-refractivity contribution is 6.36. The van der Waals surface area contributed by atoms with Gasteiger partial charge in [0.1, 0.15) is 11.8 Å². The van der Waals surface area contributed by atoms with E-state index in [1.807, 2.05) is 76.2 Å². The molecule has 0 aliphatic carbocycles.